The van der Waals surface area contributed by atoms with Crippen molar-refractivity contribution in [1.29, 1.82) is 0 Å². The third-order valence-electron chi connectivity index (χ3n) is 13.6. The highest BCUT2D eigenvalue weighted by molar-refractivity contribution is 8.77. The van der Waals surface area contributed by atoms with Gasteiger partial charge in [0.25, 0.3) is 5.60 Å². The summed E-state index contributed by atoms with van der Waals surface area (Å²) in [7, 11) is 9.71. The van der Waals surface area contributed by atoms with Crippen LogP contribution < -0.4 is 4.74 Å². The highest BCUT2D eigenvalue weighted by Crippen LogP contribution is 2.61. The van der Waals surface area contributed by atoms with Crippen LogP contribution in [-0.2, 0) is 25.4 Å². The number of halogens is 6. The van der Waals surface area contributed by atoms with Crippen molar-refractivity contribution in [2.45, 2.75) is 159 Å². The lowest BCUT2D eigenvalue weighted by Crippen LogP contribution is -2.58. The third-order valence-corrected chi connectivity index (χ3v) is 17.0. The topological polar surface area (TPSA) is 49.4 Å². The van der Waals surface area contributed by atoms with Crippen LogP contribution in [0, 0.1) is 23.2 Å². The Hall–Kier alpha value is -0.900. The van der Waals surface area contributed by atoms with Gasteiger partial charge in [-0.25, -0.2) is 0 Å². The molecule has 14 heteroatoms. The van der Waals surface area contributed by atoms with E-state index in [0.717, 1.165) is 77.0 Å². The summed E-state index contributed by atoms with van der Waals surface area (Å²) in [5, 5.41) is 0. The Balaban J connectivity index is 1.14. The number of hydrogen-bond acceptors (Lipinski definition) is 8. The van der Waals surface area contributed by atoms with Crippen molar-refractivity contribution >= 4 is 21.6 Å². The van der Waals surface area contributed by atoms with Gasteiger partial charge in [0.05, 0.1) is 25.9 Å². The molecule has 60 heavy (non-hydrogen) atoms. The molecule has 0 bridgehead atoms. The minimum Gasteiger partial charge on any atom is -0.492 e. The Bertz CT molecular complexity index is 1380. The lowest BCUT2D eigenvalue weighted by Gasteiger charge is -2.50. The van der Waals surface area contributed by atoms with E-state index in [1.807, 2.05) is 21.6 Å². The van der Waals surface area contributed by atoms with Gasteiger partial charge >= 0.3 is 12.4 Å². The smallest absolute Gasteiger partial charge is 0.426 e. The lowest BCUT2D eigenvalue weighted by molar-refractivity contribution is -0.383. The summed E-state index contributed by atoms with van der Waals surface area (Å²) >= 11 is 0. The van der Waals surface area contributed by atoms with Crippen molar-refractivity contribution in [3.8, 4) is 5.75 Å². The van der Waals surface area contributed by atoms with Gasteiger partial charge in [-0.2, -0.15) is 26.3 Å². The van der Waals surface area contributed by atoms with E-state index in [9.17, 15) is 26.3 Å². The average molecular weight is 900 g/mol. The zero-order valence-electron chi connectivity index (χ0n) is 37.5. The second-order valence-corrected chi connectivity index (χ2v) is 21.7. The first-order valence-electron chi connectivity index (χ1n) is 22.5. The molecule has 3 aliphatic rings. The lowest BCUT2D eigenvalue weighted by atomic mass is 9.55. The fourth-order valence-corrected chi connectivity index (χ4v) is 12.9. The number of hydrogen-bond donors (Lipinski definition) is 0. The van der Waals surface area contributed by atoms with Gasteiger partial charge in [-0.1, -0.05) is 67.2 Å². The third kappa shape index (κ3) is 14.0. The normalized spacial score (nSPS) is 23.6. The molecule has 0 amide bonds. The van der Waals surface area contributed by atoms with Crippen molar-refractivity contribution in [2.24, 2.45) is 23.2 Å². The monoisotopic (exact) mass is 899 g/mol. The molecule has 0 aliphatic heterocycles. The Labute approximate surface area is 365 Å². The maximum absolute atomic E-state index is 13.6. The fourth-order valence-electron chi connectivity index (χ4n) is 10.2. The van der Waals surface area contributed by atoms with E-state index >= 15 is 0 Å². The number of fused-ring (bicyclic) bond motifs is 5. The highest BCUT2D eigenvalue weighted by Gasteiger charge is 2.71. The molecule has 348 valence electrons. The predicted molar refractivity (Wildman–Crippen MR) is 233 cm³/mol. The van der Waals surface area contributed by atoms with E-state index in [-0.39, 0.29) is 35.7 Å². The van der Waals surface area contributed by atoms with Crippen LogP contribution in [0.3, 0.4) is 0 Å². The van der Waals surface area contributed by atoms with Crippen molar-refractivity contribution in [2.75, 3.05) is 73.1 Å². The maximum atomic E-state index is 13.6. The predicted octanol–water partition coefficient (Wildman–Crippen LogP) is 12.7. The van der Waals surface area contributed by atoms with Crippen molar-refractivity contribution in [3.63, 3.8) is 0 Å². The first-order valence-corrected chi connectivity index (χ1v) is 24.8. The van der Waals surface area contributed by atoms with E-state index in [2.05, 4.69) is 55.7 Å². The molecular weight excluding hydrogens is 825 g/mol. The molecule has 0 aromatic heterocycles. The molecule has 0 radical (unpaired) electrons. The van der Waals surface area contributed by atoms with Crippen LogP contribution in [0.2, 0.25) is 0 Å². The van der Waals surface area contributed by atoms with E-state index in [1.165, 1.54) is 55.9 Å². The zero-order chi connectivity index (χ0) is 44.0. The number of rotatable bonds is 28. The van der Waals surface area contributed by atoms with Crippen molar-refractivity contribution in [3.05, 3.63) is 29.3 Å². The highest BCUT2D eigenvalue weighted by atomic mass is 33.1. The first kappa shape index (κ1) is 51.7. The summed E-state index contributed by atoms with van der Waals surface area (Å²) in [6.07, 6.45) is 0.650. The quantitative estimate of drug-likeness (QED) is 0.0468. The van der Waals surface area contributed by atoms with Crippen LogP contribution in [0.4, 0.5) is 26.3 Å². The molecule has 2 saturated carbocycles. The van der Waals surface area contributed by atoms with Crippen molar-refractivity contribution in [1.82, 2.24) is 4.90 Å². The van der Waals surface area contributed by atoms with Crippen LogP contribution in [0.15, 0.2) is 18.2 Å². The van der Waals surface area contributed by atoms with Crippen LogP contribution in [0.1, 0.15) is 135 Å². The summed E-state index contributed by atoms with van der Waals surface area (Å²) in [5.74, 6) is 4.08. The molecule has 0 N–H and O–H groups in total. The standard InChI is InChI=1S/C46H75F6NO5S2/c1-8-22-44(45(47,48)49,46(50,51)52)58-28-13-27-57-41-20-19-40-39-17-15-35-31-36(16-18-37(35)38(39)21-23-43(40,41)4)56-29-26-53(5)25-24-42(2,3)60-59-30-12-10-9-11-14-34(32-54-6)33-55-7/h16,18,31,34,38-41H,8-15,17,19-30,32-33H2,1-7H3. The van der Waals surface area contributed by atoms with E-state index in [1.54, 1.807) is 14.2 Å². The van der Waals surface area contributed by atoms with Gasteiger partial charge in [0.1, 0.15) is 12.4 Å². The Kier molecular flexibility index (Phi) is 20.6. The molecule has 3 aliphatic carbocycles. The second-order valence-electron chi connectivity index (χ2n) is 18.6. The SMILES string of the molecule is CCCC(OCCCOC1CCC2C3CCc4cc(OCCN(C)CCC(C)(C)SSCCCCCCC(COC)COC)ccc4C3CCC12C)(C(F)(F)F)C(F)(F)F. The summed E-state index contributed by atoms with van der Waals surface area (Å²) in [4.78, 5) is 2.36. The number of alkyl halides is 6. The molecule has 1 aromatic carbocycles. The molecular formula is C46H75F6NO5S2. The molecule has 0 heterocycles. The minimum atomic E-state index is -5.55. The summed E-state index contributed by atoms with van der Waals surface area (Å²) in [6.45, 7) is 11.7. The molecule has 5 atom stereocenters. The summed E-state index contributed by atoms with van der Waals surface area (Å²) < 4.78 is 110. The number of nitrogens with zero attached hydrogens (tertiary/aromatic N) is 1. The van der Waals surface area contributed by atoms with Gasteiger partial charge in [0.15, 0.2) is 0 Å². The number of ether oxygens (including phenoxy) is 5. The number of methoxy groups -OCH3 is 2. The molecule has 2 fully saturated rings. The number of aryl methyl sites for hydroxylation is 1. The van der Waals surface area contributed by atoms with Gasteiger partial charge in [-0.05, 0) is 144 Å². The summed E-state index contributed by atoms with van der Waals surface area (Å²) in [6, 6.07) is 6.64. The number of benzene rings is 1. The molecule has 4 rings (SSSR count). The minimum absolute atomic E-state index is 0.0275. The van der Waals surface area contributed by atoms with Crippen LogP contribution in [0.25, 0.3) is 0 Å². The second kappa shape index (κ2) is 23.9. The van der Waals surface area contributed by atoms with E-state index in [0.29, 0.717) is 30.3 Å². The van der Waals surface area contributed by atoms with Gasteiger partial charge in [0.2, 0.25) is 0 Å². The Morgan fingerprint density at radius 1 is 0.850 bits per heavy atom. The molecule has 1 aromatic rings. The maximum Gasteiger partial charge on any atom is 0.426 e. The molecule has 5 unspecified atom stereocenters. The largest absolute Gasteiger partial charge is 0.492 e. The van der Waals surface area contributed by atoms with E-state index < -0.39 is 31.0 Å². The van der Waals surface area contributed by atoms with Crippen LogP contribution in [0.5, 0.6) is 5.75 Å². The average Bonchev–Trinajstić information content (AvgIpc) is 3.52. The summed E-state index contributed by atoms with van der Waals surface area (Å²) in [5.41, 5.74) is -1.40. The Morgan fingerprint density at radius 2 is 1.57 bits per heavy atom. The van der Waals surface area contributed by atoms with Gasteiger partial charge in [-0.15, -0.1) is 0 Å². The molecule has 6 nitrogen and oxygen atoms in total. The van der Waals surface area contributed by atoms with Gasteiger partial charge in [0, 0.05) is 43.8 Å². The van der Waals surface area contributed by atoms with Crippen LogP contribution in [-0.4, -0.2) is 107 Å². The van der Waals surface area contributed by atoms with Crippen molar-refractivity contribution < 1.29 is 50.0 Å². The number of likely N-dealkylation sites (N-methyl/N-ethyl adjacent to an activating group) is 1. The fraction of sp³-hybridized carbons (Fsp3) is 0.870. The molecule has 0 saturated heterocycles. The van der Waals surface area contributed by atoms with E-state index in [4.69, 9.17) is 18.9 Å². The molecule has 0 spiro atoms. The van der Waals surface area contributed by atoms with Gasteiger partial charge < -0.3 is 28.6 Å². The first-order chi connectivity index (χ1) is 28.4. The number of unbranched alkanes of at least 4 members (excludes halogenated alkanes) is 3. The zero-order valence-corrected chi connectivity index (χ0v) is 39.1. The Morgan fingerprint density at radius 3 is 2.25 bits per heavy atom. The van der Waals surface area contributed by atoms with Gasteiger partial charge in [-0.3, -0.25) is 0 Å². The van der Waals surface area contributed by atoms with Crippen LogP contribution >= 0.6 is 21.6 Å².